The van der Waals surface area contributed by atoms with Crippen molar-refractivity contribution in [1.29, 1.82) is 0 Å². The SMILES string of the molecule is Cn1cc2cc(-n3nc4c(C(N)=O)cn(CC5CC5)c4c(-c4ccc(Cl)cc4)c3=O)ccc2n1. The van der Waals surface area contributed by atoms with Crippen LogP contribution in [0.1, 0.15) is 23.2 Å². The maximum atomic E-state index is 14.0. The third kappa shape index (κ3) is 3.38. The fourth-order valence-electron chi connectivity index (χ4n) is 4.48. The van der Waals surface area contributed by atoms with E-state index in [0.717, 1.165) is 23.7 Å². The highest BCUT2D eigenvalue weighted by Crippen LogP contribution is 2.35. The van der Waals surface area contributed by atoms with Crippen LogP contribution in [0.15, 0.2) is 59.7 Å². The summed E-state index contributed by atoms with van der Waals surface area (Å²) in [5.74, 6) is -0.0631. The van der Waals surface area contributed by atoms with Crippen molar-refractivity contribution in [2.24, 2.45) is 18.7 Å². The highest BCUT2D eigenvalue weighted by Gasteiger charge is 2.27. The molecule has 8 nitrogen and oxygen atoms in total. The van der Waals surface area contributed by atoms with Crippen LogP contribution in [0.4, 0.5) is 0 Å². The van der Waals surface area contributed by atoms with Crippen LogP contribution < -0.4 is 11.3 Å². The first-order chi connectivity index (χ1) is 16.4. The maximum Gasteiger partial charge on any atom is 0.281 e. The van der Waals surface area contributed by atoms with Gasteiger partial charge < -0.3 is 10.3 Å². The highest BCUT2D eigenvalue weighted by molar-refractivity contribution is 6.30. The number of carbonyl (C=O) groups is 1. The van der Waals surface area contributed by atoms with E-state index in [-0.39, 0.29) is 5.56 Å². The van der Waals surface area contributed by atoms with E-state index in [1.54, 1.807) is 29.1 Å². The summed E-state index contributed by atoms with van der Waals surface area (Å²) in [6.07, 6.45) is 5.85. The Morgan fingerprint density at radius 2 is 1.88 bits per heavy atom. The van der Waals surface area contributed by atoms with Crippen LogP contribution in [-0.4, -0.2) is 30.0 Å². The molecule has 5 aromatic rings. The van der Waals surface area contributed by atoms with Gasteiger partial charge in [-0.1, -0.05) is 23.7 Å². The standard InChI is InChI=1S/C25H21ClN6O2/c1-30-12-16-10-18(8-9-20(16)28-30)32-25(34)21(15-4-6-17(26)7-5-15)23-22(29-32)19(24(27)33)13-31(23)11-14-2-3-14/h4-10,12-14H,2-3,11H2,1H3,(H2,27,33). The van der Waals surface area contributed by atoms with Gasteiger partial charge in [0.05, 0.1) is 27.8 Å². The van der Waals surface area contributed by atoms with Crippen LogP contribution >= 0.6 is 11.6 Å². The van der Waals surface area contributed by atoms with Crippen molar-refractivity contribution in [2.75, 3.05) is 0 Å². The smallest absolute Gasteiger partial charge is 0.281 e. The lowest BCUT2D eigenvalue weighted by atomic mass is 10.1. The molecule has 0 spiro atoms. The number of nitrogens with two attached hydrogens (primary N) is 1. The van der Waals surface area contributed by atoms with Crippen molar-refractivity contribution in [2.45, 2.75) is 19.4 Å². The Morgan fingerprint density at radius 1 is 1.12 bits per heavy atom. The number of aryl methyl sites for hydroxylation is 1. The fourth-order valence-corrected chi connectivity index (χ4v) is 4.61. The summed E-state index contributed by atoms with van der Waals surface area (Å²) in [6, 6.07) is 12.6. The van der Waals surface area contributed by atoms with E-state index in [4.69, 9.17) is 17.3 Å². The van der Waals surface area contributed by atoms with Gasteiger partial charge in [0.2, 0.25) is 0 Å². The number of benzene rings is 2. The van der Waals surface area contributed by atoms with Gasteiger partial charge in [0.15, 0.2) is 0 Å². The minimum atomic E-state index is -0.581. The lowest BCUT2D eigenvalue weighted by Crippen LogP contribution is -2.24. The fraction of sp³-hybridized carbons (Fsp3) is 0.200. The minimum Gasteiger partial charge on any atom is -0.365 e. The highest BCUT2D eigenvalue weighted by atomic mass is 35.5. The van der Waals surface area contributed by atoms with Gasteiger partial charge in [-0.25, -0.2) is 0 Å². The second kappa shape index (κ2) is 7.56. The van der Waals surface area contributed by atoms with Crippen molar-refractivity contribution in [3.8, 4) is 16.8 Å². The average molecular weight is 473 g/mol. The molecule has 1 saturated carbocycles. The number of hydrogen-bond donors (Lipinski definition) is 1. The maximum absolute atomic E-state index is 14.0. The third-order valence-corrected chi connectivity index (χ3v) is 6.54. The largest absolute Gasteiger partial charge is 0.365 e. The summed E-state index contributed by atoms with van der Waals surface area (Å²) in [7, 11) is 1.84. The molecule has 170 valence electrons. The van der Waals surface area contributed by atoms with E-state index in [1.165, 1.54) is 4.68 Å². The van der Waals surface area contributed by atoms with Crippen LogP contribution in [0.3, 0.4) is 0 Å². The molecule has 2 aromatic carbocycles. The molecule has 2 N–H and O–H groups in total. The first kappa shape index (κ1) is 20.7. The van der Waals surface area contributed by atoms with Crippen molar-refractivity contribution >= 4 is 39.4 Å². The molecule has 6 rings (SSSR count). The van der Waals surface area contributed by atoms with Crippen LogP contribution in [0.2, 0.25) is 5.02 Å². The van der Waals surface area contributed by atoms with Crippen LogP contribution in [0.5, 0.6) is 0 Å². The lowest BCUT2D eigenvalue weighted by Gasteiger charge is -2.13. The number of nitrogens with zero attached hydrogens (tertiary/aromatic N) is 5. The minimum absolute atomic E-state index is 0.288. The molecule has 0 atom stereocenters. The summed E-state index contributed by atoms with van der Waals surface area (Å²) in [5, 5.41) is 10.5. The van der Waals surface area contributed by atoms with Gasteiger partial charge in [0.25, 0.3) is 11.5 Å². The van der Waals surface area contributed by atoms with Crippen molar-refractivity contribution in [3.63, 3.8) is 0 Å². The van der Waals surface area contributed by atoms with E-state index >= 15 is 0 Å². The van der Waals surface area contributed by atoms with Gasteiger partial charge in [-0.05, 0) is 54.7 Å². The molecule has 0 unspecified atom stereocenters. The Bertz CT molecular complexity index is 1660. The van der Waals surface area contributed by atoms with Gasteiger partial charge in [0.1, 0.15) is 5.52 Å². The summed E-state index contributed by atoms with van der Waals surface area (Å²) in [6.45, 7) is 0.706. The predicted octanol–water partition coefficient (Wildman–Crippen LogP) is 3.90. The molecule has 0 saturated heterocycles. The Balaban J connectivity index is 1.69. The Labute approximate surface area is 199 Å². The Hall–Kier alpha value is -3.91. The van der Waals surface area contributed by atoms with E-state index in [2.05, 4.69) is 10.2 Å². The molecular weight excluding hydrogens is 452 g/mol. The molecule has 1 fully saturated rings. The van der Waals surface area contributed by atoms with E-state index in [0.29, 0.717) is 50.9 Å². The number of fused-ring (bicyclic) bond motifs is 2. The molecular formula is C25H21ClN6O2. The number of carbonyl (C=O) groups excluding carboxylic acids is 1. The molecule has 34 heavy (non-hydrogen) atoms. The van der Waals surface area contributed by atoms with Crippen LogP contribution in [0, 0.1) is 5.92 Å². The third-order valence-electron chi connectivity index (χ3n) is 6.29. The number of amides is 1. The van der Waals surface area contributed by atoms with Crippen molar-refractivity contribution in [1.82, 2.24) is 24.1 Å². The number of rotatable bonds is 5. The van der Waals surface area contributed by atoms with Gasteiger partial charge in [0, 0.05) is 36.4 Å². The predicted molar refractivity (Wildman–Crippen MR) is 131 cm³/mol. The molecule has 1 aliphatic rings. The summed E-state index contributed by atoms with van der Waals surface area (Å²) >= 11 is 6.13. The van der Waals surface area contributed by atoms with Crippen LogP contribution in [0.25, 0.3) is 38.8 Å². The Kier molecular flexibility index (Phi) is 4.60. The molecule has 9 heteroatoms. The lowest BCUT2D eigenvalue weighted by molar-refractivity contribution is 0.100. The second-order valence-corrected chi connectivity index (χ2v) is 9.28. The molecule has 1 amide bonds. The monoisotopic (exact) mass is 472 g/mol. The summed E-state index contributed by atoms with van der Waals surface area (Å²) in [4.78, 5) is 26.3. The molecule has 0 radical (unpaired) electrons. The number of aromatic nitrogens is 5. The van der Waals surface area contributed by atoms with Gasteiger partial charge in [-0.2, -0.15) is 14.9 Å². The summed E-state index contributed by atoms with van der Waals surface area (Å²) in [5.41, 5.74) is 9.32. The zero-order valence-corrected chi connectivity index (χ0v) is 19.2. The number of primary amides is 1. The first-order valence-corrected chi connectivity index (χ1v) is 11.4. The molecule has 1 aliphatic carbocycles. The topological polar surface area (TPSA) is 101 Å². The number of hydrogen-bond acceptors (Lipinski definition) is 4. The van der Waals surface area contributed by atoms with Crippen molar-refractivity contribution < 1.29 is 4.79 Å². The number of halogens is 1. The quantitative estimate of drug-likeness (QED) is 0.419. The molecule has 0 aliphatic heterocycles. The van der Waals surface area contributed by atoms with Gasteiger partial charge in [-0.15, -0.1) is 0 Å². The second-order valence-electron chi connectivity index (χ2n) is 8.84. The van der Waals surface area contributed by atoms with Crippen molar-refractivity contribution in [3.05, 3.63) is 75.8 Å². The van der Waals surface area contributed by atoms with Gasteiger partial charge in [-0.3, -0.25) is 14.3 Å². The summed E-state index contributed by atoms with van der Waals surface area (Å²) < 4.78 is 5.02. The molecule has 0 bridgehead atoms. The molecule has 3 heterocycles. The normalized spacial score (nSPS) is 13.7. The van der Waals surface area contributed by atoms with E-state index in [9.17, 15) is 9.59 Å². The first-order valence-electron chi connectivity index (χ1n) is 11.0. The van der Waals surface area contributed by atoms with E-state index < -0.39 is 5.91 Å². The average Bonchev–Trinajstić information content (AvgIpc) is 3.43. The zero-order chi connectivity index (χ0) is 23.6. The van der Waals surface area contributed by atoms with Gasteiger partial charge >= 0.3 is 0 Å². The zero-order valence-electron chi connectivity index (χ0n) is 18.4. The van der Waals surface area contributed by atoms with E-state index in [1.807, 2.05) is 42.1 Å². The Morgan fingerprint density at radius 3 is 2.59 bits per heavy atom. The van der Waals surface area contributed by atoms with Crippen LogP contribution in [-0.2, 0) is 13.6 Å². The molecule has 3 aromatic heterocycles.